The summed E-state index contributed by atoms with van der Waals surface area (Å²) in [7, 11) is 0. The zero-order chi connectivity index (χ0) is 15.0. The van der Waals surface area contributed by atoms with Crippen LogP contribution in [0.15, 0.2) is 30.3 Å². The predicted molar refractivity (Wildman–Crippen MR) is 82.1 cm³/mol. The van der Waals surface area contributed by atoms with Gasteiger partial charge >= 0.3 is 5.97 Å². The number of hydrogen-bond donors (Lipinski definition) is 2. The molecule has 0 bridgehead atoms. The summed E-state index contributed by atoms with van der Waals surface area (Å²) in [4.78, 5) is 22.2. The minimum Gasteiger partial charge on any atom is -0.481 e. The lowest BCUT2D eigenvalue weighted by Gasteiger charge is -2.24. The number of carbonyl (C=O) groups excluding carboxylic acids is 1. The maximum absolute atomic E-state index is 11.9. The van der Waals surface area contributed by atoms with Crippen molar-refractivity contribution in [1.82, 2.24) is 5.32 Å². The van der Waals surface area contributed by atoms with Crippen LogP contribution in [0, 0.1) is 0 Å². The molecular weight excluding hydrogens is 274 g/mol. The number of rotatable bonds is 8. The third kappa shape index (κ3) is 6.10. The van der Waals surface area contributed by atoms with Gasteiger partial charge in [0.05, 0.1) is 5.75 Å². The van der Waals surface area contributed by atoms with Gasteiger partial charge in [-0.2, -0.15) is 0 Å². The van der Waals surface area contributed by atoms with E-state index in [-0.39, 0.29) is 17.1 Å². The molecule has 1 aromatic carbocycles. The Hall–Kier alpha value is -1.49. The molecule has 110 valence electrons. The number of hydrogen-bond acceptors (Lipinski definition) is 3. The third-order valence-corrected chi connectivity index (χ3v) is 3.90. The van der Waals surface area contributed by atoms with Crippen molar-refractivity contribution in [3.63, 3.8) is 0 Å². The van der Waals surface area contributed by atoms with E-state index in [2.05, 4.69) is 5.32 Å². The molecule has 0 aliphatic rings. The van der Waals surface area contributed by atoms with Crippen LogP contribution in [0.2, 0.25) is 0 Å². The minimum absolute atomic E-state index is 0.00484. The van der Waals surface area contributed by atoms with Crippen molar-refractivity contribution in [1.29, 1.82) is 0 Å². The predicted octanol–water partition coefficient (Wildman–Crippen LogP) is 2.29. The van der Waals surface area contributed by atoms with Crippen molar-refractivity contribution in [2.75, 3.05) is 18.1 Å². The lowest BCUT2D eigenvalue weighted by molar-refractivity contribution is -0.133. The summed E-state index contributed by atoms with van der Waals surface area (Å²) in [5.74, 6) is -0.142. The lowest BCUT2D eigenvalue weighted by atomic mass is 9.81. The first-order chi connectivity index (χ1) is 9.42. The van der Waals surface area contributed by atoms with Crippen LogP contribution in [0.1, 0.15) is 25.8 Å². The molecule has 0 saturated carbocycles. The lowest BCUT2D eigenvalue weighted by Crippen LogP contribution is -2.32. The third-order valence-electron chi connectivity index (χ3n) is 2.95. The number of carboxylic acids is 1. The van der Waals surface area contributed by atoms with Gasteiger partial charge < -0.3 is 10.4 Å². The first-order valence-electron chi connectivity index (χ1n) is 6.53. The SMILES string of the molecule is CC(C)(CC(=O)NCCSCC(=O)O)c1ccccc1. The second-order valence-corrected chi connectivity index (χ2v) is 6.33. The molecular formula is C15H21NO3S. The Labute approximate surface area is 124 Å². The molecule has 1 rings (SSSR count). The first-order valence-corrected chi connectivity index (χ1v) is 7.69. The maximum atomic E-state index is 11.9. The Morgan fingerprint density at radius 2 is 1.90 bits per heavy atom. The van der Waals surface area contributed by atoms with Gasteiger partial charge in [0, 0.05) is 18.7 Å². The second-order valence-electron chi connectivity index (χ2n) is 5.22. The van der Waals surface area contributed by atoms with E-state index in [9.17, 15) is 9.59 Å². The molecule has 2 N–H and O–H groups in total. The summed E-state index contributed by atoms with van der Waals surface area (Å²) >= 11 is 1.30. The van der Waals surface area contributed by atoms with E-state index in [0.717, 1.165) is 5.56 Å². The molecule has 0 fully saturated rings. The standard InChI is InChI=1S/C15H21NO3S/c1-15(2,12-6-4-3-5-7-12)10-13(17)16-8-9-20-11-14(18)19/h3-7H,8-11H2,1-2H3,(H,16,17)(H,18,19). The molecule has 0 atom stereocenters. The molecule has 0 saturated heterocycles. The second kappa shape index (κ2) is 7.94. The maximum Gasteiger partial charge on any atom is 0.313 e. The number of benzene rings is 1. The van der Waals surface area contributed by atoms with Crippen molar-refractivity contribution >= 4 is 23.6 Å². The fraction of sp³-hybridized carbons (Fsp3) is 0.467. The molecule has 0 heterocycles. The van der Waals surface area contributed by atoms with Crippen LogP contribution in [-0.4, -0.2) is 35.0 Å². The van der Waals surface area contributed by atoms with Crippen LogP contribution in [0.3, 0.4) is 0 Å². The van der Waals surface area contributed by atoms with Gasteiger partial charge in [-0.25, -0.2) is 0 Å². The Morgan fingerprint density at radius 1 is 1.25 bits per heavy atom. The number of nitrogens with one attached hydrogen (secondary N) is 1. The van der Waals surface area contributed by atoms with Crippen LogP contribution in [0.5, 0.6) is 0 Å². The summed E-state index contributed by atoms with van der Waals surface area (Å²) in [6, 6.07) is 9.94. The van der Waals surface area contributed by atoms with Gasteiger partial charge in [-0.15, -0.1) is 11.8 Å². The molecule has 0 spiro atoms. The molecule has 0 aromatic heterocycles. The molecule has 5 heteroatoms. The van der Waals surface area contributed by atoms with Gasteiger partial charge in [-0.1, -0.05) is 44.2 Å². The number of carboxylic acid groups (broad SMARTS) is 1. The fourth-order valence-corrected chi connectivity index (χ4v) is 2.44. The quantitative estimate of drug-likeness (QED) is 0.722. The van der Waals surface area contributed by atoms with E-state index >= 15 is 0 Å². The van der Waals surface area contributed by atoms with Gasteiger partial charge in [0.2, 0.25) is 5.91 Å². The van der Waals surface area contributed by atoms with Gasteiger partial charge in [-0.3, -0.25) is 9.59 Å². The normalized spacial score (nSPS) is 11.1. The van der Waals surface area contributed by atoms with Crippen LogP contribution < -0.4 is 5.32 Å². The van der Waals surface area contributed by atoms with Crippen LogP contribution in [0.25, 0.3) is 0 Å². The van der Waals surface area contributed by atoms with E-state index in [1.807, 2.05) is 44.2 Å². The van der Waals surface area contributed by atoms with Crippen LogP contribution in [-0.2, 0) is 15.0 Å². The van der Waals surface area contributed by atoms with Crippen LogP contribution >= 0.6 is 11.8 Å². The summed E-state index contributed by atoms with van der Waals surface area (Å²) in [6.07, 6.45) is 0.417. The molecule has 0 unspecified atom stereocenters. The molecule has 0 aliphatic carbocycles. The molecule has 0 aliphatic heterocycles. The minimum atomic E-state index is -0.827. The highest BCUT2D eigenvalue weighted by molar-refractivity contribution is 7.99. The highest BCUT2D eigenvalue weighted by atomic mass is 32.2. The number of thioether (sulfide) groups is 1. The molecule has 1 aromatic rings. The molecule has 1 amide bonds. The number of aliphatic carboxylic acids is 1. The van der Waals surface area contributed by atoms with Crippen molar-refractivity contribution in [3.8, 4) is 0 Å². The fourth-order valence-electron chi connectivity index (χ4n) is 1.88. The van der Waals surface area contributed by atoms with Gasteiger partial charge in [0.15, 0.2) is 0 Å². The number of amides is 1. The highest BCUT2D eigenvalue weighted by Gasteiger charge is 2.23. The Balaban J connectivity index is 2.33. The smallest absolute Gasteiger partial charge is 0.313 e. The van der Waals surface area contributed by atoms with Crippen molar-refractivity contribution in [2.24, 2.45) is 0 Å². The van der Waals surface area contributed by atoms with E-state index in [1.165, 1.54) is 11.8 Å². The number of carbonyl (C=O) groups is 2. The largest absolute Gasteiger partial charge is 0.481 e. The Bertz CT molecular complexity index is 446. The summed E-state index contributed by atoms with van der Waals surface area (Å²) in [5.41, 5.74) is 0.926. The zero-order valence-electron chi connectivity index (χ0n) is 11.9. The monoisotopic (exact) mass is 295 g/mol. The zero-order valence-corrected chi connectivity index (χ0v) is 12.7. The molecule has 0 radical (unpaired) electrons. The highest BCUT2D eigenvalue weighted by Crippen LogP contribution is 2.26. The first kappa shape index (κ1) is 16.6. The Kier molecular flexibility index (Phi) is 6.58. The van der Waals surface area contributed by atoms with Crippen LogP contribution in [0.4, 0.5) is 0 Å². The molecule has 20 heavy (non-hydrogen) atoms. The summed E-state index contributed by atoms with van der Waals surface area (Å²) in [5, 5.41) is 11.3. The van der Waals surface area contributed by atoms with E-state index < -0.39 is 5.97 Å². The average molecular weight is 295 g/mol. The molecule has 4 nitrogen and oxygen atoms in total. The summed E-state index contributed by atoms with van der Waals surface area (Å²) in [6.45, 7) is 4.59. The van der Waals surface area contributed by atoms with E-state index in [4.69, 9.17) is 5.11 Å². The van der Waals surface area contributed by atoms with Gasteiger partial charge in [0.1, 0.15) is 0 Å². The average Bonchev–Trinajstić information content (AvgIpc) is 2.38. The van der Waals surface area contributed by atoms with Crippen molar-refractivity contribution < 1.29 is 14.7 Å². The van der Waals surface area contributed by atoms with Crippen molar-refractivity contribution in [3.05, 3.63) is 35.9 Å². The van der Waals surface area contributed by atoms with Crippen molar-refractivity contribution in [2.45, 2.75) is 25.7 Å². The van der Waals surface area contributed by atoms with E-state index in [0.29, 0.717) is 18.7 Å². The van der Waals surface area contributed by atoms with Gasteiger partial charge in [0.25, 0.3) is 0 Å². The van der Waals surface area contributed by atoms with E-state index in [1.54, 1.807) is 0 Å². The topological polar surface area (TPSA) is 66.4 Å². The summed E-state index contributed by atoms with van der Waals surface area (Å²) < 4.78 is 0. The van der Waals surface area contributed by atoms with Gasteiger partial charge in [-0.05, 0) is 11.0 Å². The Morgan fingerprint density at radius 3 is 2.50 bits per heavy atom.